The summed E-state index contributed by atoms with van der Waals surface area (Å²) in [5.74, 6) is 6.73. The maximum Gasteiger partial charge on any atom is 0.321 e. The van der Waals surface area contributed by atoms with E-state index in [1.165, 1.54) is 10.9 Å². The summed E-state index contributed by atoms with van der Waals surface area (Å²) in [5.41, 5.74) is 7.38. The number of aromatic nitrogens is 4. The molecule has 6 N–H and O–H groups in total. The van der Waals surface area contributed by atoms with Crippen molar-refractivity contribution in [1.29, 1.82) is 0 Å². The Kier molecular flexibility index (Phi) is 7.64. The van der Waals surface area contributed by atoms with Crippen molar-refractivity contribution in [3.05, 3.63) is 41.4 Å². The van der Waals surface area contributed by atoms with E-state index in [0.29, 0.717) is 47.3 Å². The highest BCUT2D eigenvalue weighted by molar-refractivity contribution is 6.30. The van der Waals surface area contributed by atoms with Gasteiger partial charge in [0.25, 0.3) is 0 Å². The number of imidazole rings is 1. The van der Waals surface area contributed by atoms with E-state index in [9.17, 15) is 20.1 Å². The number of urea groups is 1. The van der Waals surface area contributed by atoms with E-state index in [1.807, 2.05) is 0 Å². The maximum atomic E-state index is 12.5. The second kappa shape index (κ2) is 11.1. The van der Waals surface area contributed by atoms with Crippen LogP contribution in [0.1, 0.15) is 31.3 Å². The highest BCUT2D eigenvalue weighted by atomic mass is 35.5. The lowest BCUT2D eigenvalue weighted by atomic mass is 9.94. The summed E-state index contributed by atoms with van der Waals surface area (Å²) in [7, 11) is 0. The number of carbonyl (C=O) groups excluding carboxylic acids is 1. The summed E-state index contributed by atoms with van der Waals surface area (Å²) in [6, 6.07) is 6.85. The number of nitrogens with one attached hydrogen (secondary N) is 1. The number of anilines is 2. The van der Waals surface area contributed by atoms with Gasteiger partial charge in [-0.25, -0.2) is 19.7 Å². The van der Waals surface area contributed by atoms with Gasteiger partial charge in [0, 0.05) is 30.2 Å². The van der Waals surface area contributed by atoms with Crippen LogP contribution < -0.4 is 11.1 Å². The van der Waals surface area contributed by atoms with Crippen molar-refractivity contribution in [2.45, 2.75) is 43.8 Å². The molecule has 0 spiro atoms. The normalized spacial score (nSPS) is 23.8. The third-order valence-corrected chi connectivity index (χ3v) is 7.08. The molecule has 4 heterocycles. The number of nitrogen functional groups attached to an aromatic ring is 1. The van der Waals surface area contributed by atoms with E-state index in [2.05, 4.69) is 32.1 Å². The third-order valence-electron chi connectivity index (χ3n) is 6.83. The number of likely N-dealkylation sites (tertiary alicyclic amines) is 1. The summed E-state index contributed by atoms with van der Waals surface area (Å²) in [6.07, 6.45) is -0.812. The Balaban J connectivity index is 1.20. The number of nitrogens with two attached hydrogens (primary N) is 1. The van der Waals surface area contributed by atoms with Crippen LogP contribution in [0, 0.1) is 17.8 Å². The fourth-order valence-corrected chi connectivity index (χ4v) is 4.77. The molecule has 2 saturated heterocycles. The first-order chi connectivity index (χ1) is 18.3. The SMILES string of the molecule is Nc1nc(C#CCC2CCN(C(=O)Nc3ccc(Cl)cc3)CC2)nc2c1ncn2[C@@H]1O[C@H](CO)C(O)[C@@H]1O. The van der Waals surface area contributed by atoms with E-state index >= 15 is 0 Å². The van der Waals surface area contributed by atoms with Gasteiger partial charge in [-0.2, -0.15) is 0 Å². The lowest BCUT2D eigenvalue weighted by molar-refractivity contribution is -0.0511. The quantitative estimate of drug-likeness (QED) is 0.306. The molecule has 12 nitrogen and oxygen atoms in total. The van der Waals surface area contributed by atoms with Crippen LogP contribution in [0.3, 0.4) is 0 Å². The Morgan fingerprint density at radius 3 is 2.61 bits per heavy atom. The van der Waals surface area contributed by atoms with Crippen LogP contribution in [-0.2, 0) is 4.74 Å². The fraction of sp³-hybridized carbons (Fsp3) is 0.440. The standard InChI is InChI=1S/C25H28ClN7O5/c26-15-4-6-16(7-5-15)29-25(37)32-10-8-14(9-11-32)2-1-3-18-30-22(27)19-23(31-18)33(13-28-19)24-21(36)20(35)17(12-34)38-24/h4-7,13-14,17,20-21,24,34-36H,2,8-12H2,(H,29,37)(H2,27,30,31)/t17-,20?,21+,24-/m1/s1. The molecular formula is C25H28ClN7O5. The number of aliphatic hydroxyl groups excluding tert-OH is 3. The average Bonchev–Trinajstić information content (AvgIpc) is 3.46. The van der Waals surface area contributed by atoms with Crippen molar-refractivity contribution >= 4 is 40.3 Å². The molecular weight excluding hydrogens is 514 g/mol. The fourth-order valence-electron chi connectivity index (χ4n) is 4.64. The van der Waals surface area contributed by atoms with Crippen molar-refractivity contribution in [3.8, 4) is 11.8 Å². The number of halogens is 1. The van der Waals surface area contributed by atoms with Gasteiger partial charge in [0.2, 0.25) is 5.82 Å². The van der Waals surface area contributed by atoms with Crippen molar-refractivity contribution in [1.82, 2.24) is 24.4 Å². The first-order valence-corrected chi connectivity index (χ1v) is 12.6. The minimum absolute atomic E-state index is 0.129. The van der Waals surface area contributed by atoms with Gasteiger partial charge in [0.15, 0.2) is 17.7 Å². The maximum absolute atomic E-state index is 12.5. The molecule has 0 saturated carbocycles. The average molecular weight is 542 g/mol. The number of carbonyl (C=O) groups is 1. The van der Waals surface area contributed by atoms with Crippen LogP contribution in [-0.4, -0.2) is 83.8 Å². The summed E-state index contributed by atoms with van der Waals surface area (Å²) in [4.78, 5) is 27.2. The molecule has 0 radical (unpaired) electrons. The summed E-state index contributed by atoms with van der Waals surface area (Å²) >= 11 is 5.89. The molecule has 4 atom stereocenters. The molecule has 0 aliphatic carbocycles. The Morgan fingerprint density at radius 2 is 1.92 bits per heavy atom. The lowest BCUT2D eigenvalue weighted by Gasteiger charge is -2.31. The number of aliphatic hydroxyl groups is 3. The van der Waals surface area contributed by atoms with Crippen LogP contribution in [0.4, 0.5) is 16.3 Å². The number of hydrogen-bond donors (Lipinski definition) is 5. The largest absolute Gasteiger partial charge is 0.394 e. The van der Waals surface area contributed by atoms with Crippen molar-refractivity contribution < 1.29 is 24.9 Å². The number of fused-ring (bicyclic) bond motifs is 1. The first-order valence-electron chi connectivity index (χ1n) is 12.3. The molecule has 38 heavy (non-hydrogen) atoms. The molecule has 2 aromatic heterocycles. The van der Waals surface area contributed by atoms with Crippen LogP contribution in [0.25, 0.3) is 11.2 Å². The predicted octanol–water partition coefficient (Wildman–Crippen LogP) is 1.36. The molecule has 1 unspecified atom stereocenters. The van der Waals surface area contributed by atoms with Gasteiger partial charge in [0.1, 0.15) is 23.8 Å². The number of piperidine rings is 1. The van der Waals surface area contributed by atoms with Crippen molar-refractivity contribution in [2.24, 2.45) is 5.92 Å². The van der Waals surface area contributed by atoms with Gasteiger partial charge in [0.05, 0.1) is 12.9 Å². The monoisotopic (exact) mass is 541 g/mol. The van der Waals surface area contributed by atoms with Gasteiger partial charge in [-0.3, -0.25) is 4.57 Å². The predicted molar refractivity (Wildman–Crippen MR) is 139 cm³/mol. The number of amides is 2. The van der Waals surface area contributed by atoms with Crippen LogP contribution in [0.15, 0.2) is 30.6 Å². The summed E-state index contributed by atoms with van der Waals surface area (Å²) in [6.45, 7) is 0.816. The van der Waals surface area contributed by atoms with Gasteiger partial charge in [-0.05, 0) is 48.9 Å². The van der Waals surface area contributed by atoms with E-state index in [1.54, 1.807) is 29.2 Å². The molecule has 13 heteroatoms. The minimum Gasteiger partial charge on any atom is -0.394 e. The Morgan fingerprint density at radius 1 is 1.18 bits per heavy atom. The zero-order valence-corrected chi connectivity index (χ0v) is 21.1. The highest BCUT2D eigenvalue weighted by Crippen LogP contribution is 2.32. The summed E-state index contributed by atoms with van der Waals surface area (Å²) < 4.78 is 7.04. The molecule has 2 aliphatic rings. The number of benzene rings is 1. The van der Waals surface area contributed by atoms with Crippen molar-refractivity contribution in [3.63, 3.8) is 0 Å². The number of rotatable bonds is 4. The van der Waals surface area contributed by atoms with E-state index < -0.39 is 31.1 Å². The minimum atomic E-state index is -1.28. The Labute approximate surface area is 223 Å². The van der Waals surface area contributed by atoms with E-state index in [-0.39, 0.29) is 17.7 Å². The Bertz CT molecular complexity index is 1360. The van der Waals surface area contributed by atoms with Gasteiger partial charge in [-0.15, -0.1) is 0 Å². The van der Waals surface area contributed by atoms with Crippen LogP contribution in [0.2, 0.25) is 5.02 Å². The molecule has 5 rings (SSSR count). The highest BCUT2D eigenvalue weighted by Gasteiger charge is 2.44. The lowest BCUT2D eigenvalue weighted by Crippen LogP contribution is -2.41. The number of nitrogens with zero attached hydrogens (tertiary/aromatic N) is 5. The zero-order valence-electron chi connectivity index (χ0n) is 20.4. The molecule has 2 aliphatic heterocycles. The molecule has 2 amide bonds. The van der Waals surface area contributed by atoms with Gasteiger partial charge < -0.3 is 36.0 Å². The van der Waals surface area contributed by atoms with Gasteiger partial charge in [-0.1, -0.05) is 17.5 Å². The zero-order chi connectivity index (χ0) is 26.8. The Hall–Kier alpha value is -3.47. The molecule has 2 fully saturated rings. The van der Waals surface area contributed by atoms with Crippen LogP contribution >= 0.6 is 11.6 Å². The molecule has 200 valence electrons. The number of hydrogen-bond acceptors (Lipinski definition) is 9. The topological polar surface area (TPSA) is 172 Å². The van der Waals surface area contributed by atoms with E-state index in [0.717, 1.165) is 12.8 Å². The second-order valence-corrected chi connectivity index (χ2v) is 9.80. The third kappa shape index (κ3) is 5.38. The first kappa shape index (κ1) is 26.1. The second-order valence-electron chi connectivity index (χ2n) is 9.36. The molecule has 0 bridgehead atoms. The number of ether oxygens (including phenoxy) is 1. The summed E-state index contributed by atoms with van der Waals surface area (Å²) in [5, 5.41) is 33.3. The van der Waals surface area contributed by atoms with E-state index in [4.69, 9.17) is 22.1 Å². The van der Waals surface area contributed by atoms with Crippen LogP contribution in [0.5, 0.6) is 0 Å². The molecule has 1 aromatic carbocycles. The molecule has 3 aromatic rings. The smallest absolute Gasteiger partial charge is 0.321 e. The van der Waals surface area contributed by atoms with Crippen molar-refractivity contribution in [2.75, 3.05) is 30.7 Å². The van der Waals surface area contributed by atoms with Gasteiger partial charge >= 0.3 is 6.03 Å².